The van der Waals surface area contributed by atoms with Crippen LogP contribution in [-0.2, 0) is 6.61 Å². The molecule has 5 aromatic rings. The molecule has 4 aromatic carbocycles. The fourth-order valence-corrected chi connectivity index (χ4v) is 3.75. The second kappa shape index (κ2) is 6.57. The quantitative estimate of drug-likeness (QED) is 0.408. The molecule has 0 spiro atoms. The Balaban J connectivity index is 1.76. The first kappa shape index (κ1) is 16.6. The van der Waals surface area contributed by atoms with E-state index >= 15 is 0 Å². The molecule has 5 rings (SSSR count). The first-order valence-corrected chi connectivity index (χ1v) is 9.12. The molecule has 0 atom stereocenters. The largest absolute Gasteiger partial charge is 0.494 e. The molecule has 1 aromatic heterocycles. The van der Waals surface area contributed by atoms with E-state index in [-0.39, 0.29) is 11.6 Å². The lowest BCUT2D eigenvalue weighted by molar-refractivity contribution is 0.310. The number of para-hydroxylation sites is 1. The van der Waals surface area contributed by atoms with Crippen LogP contribution < -0.4 is 9.47 Å². The predicted octanol–water partition coefficient (Wildman–Crippen LogP) is 6.20. The fraction of sp³-hybridized carbons (Fsp3) is 0.0833. The summed E-state index contributed by atoms with van der Waals surface area (Å²) in [6.45, 7) is 0.432. The molecular formula is C24H18FNO2. The minimum Gasteiger partial charge on any atom is -0.494 e. The van der Waals surface area contributed by atoms with E-state index in [1.165, 1.54) is 13.2 Å². The Morgan fingerprint density at radius 1 is 0.786 bits per heavy atom. The summed E-state index contributed by atoms with van der Waals surface area (Å²) in [6.07, 6.45) is 0. The fourth-order valence-electron chi connectivity index (χ4n) is 3.75. The Morgan fingerprint density at radius 2 is 1.57 bits per heavy atom. The second-order valence-corrected chi connectivity index (χ2v) is 6.77. The first-order valence-electron chi connectivity index (χ1n) is 9.12. The predicted molar refractivity (Wildman–Crippen MR) is 111 cm³/mol. The molecule has 138 valence electrons. The highest BCUT2D eigenvalue weighted by Gasteiger charge is 2.16. The van der Waals surface area contributed by atoms with Crippen LogP contribution in [0.15, 0.2) is 72.8 Å². The van der Waals surface area contributed by atoms with Crippen LogP contribution in [0.2, 0.25) is 0 Å². The highest BCUT2D eigenvalue weighted by Crippen LogP contribution is 2.40. The van der Waals surface area contributed by atoms with E-state index in [2.05, 4.69) is 4.98 Å². The number of hydrogen-bond acceptors (Lipinski definition) is 2. The maximum absolute atomic E-state index is 14.6. The van der Waals surface area contributed by atoms with Crippen molar-refractivity contribution < 1.29 is 13.9 Å². The van der Waals surface area contributed by atoms with Crippen LogP contribution >= 0.6 is 0 Å². The number of nitrogens with one attached hydrogen (secondary N) is 1. The molecule has 0 fully saturated rings. The van der Waals surface area contributed by atoms with Crippen LogP contribution in [0.3, 0.4) is 0 Å². The van der Waals surface area contributed by atoms with Gasteiger partial charge in [0, 0.05) is 27.7 Å². The monoisotopic (exact) mass is 371 g/mol. The summed E-state index contributed by atoms with van der Waals surface area (Å²) >= 11 is 0. The summed E-state index contributed by atoms with van der Waals surface area (Å²) in [5, 5.41) is 3.67. The van der Waals surface area contributed by atoms with Gasteiger partial charge in [0.25, 0.3) is 0 Å². The highest BCUT2D eigenvalue weighted by molar-refractivity contribution is 6.21. The molecule has 0 aliphatic rings. The van der Waals surface area contributed by atoms with Gasteiger partial charge in [-0.25, -0.2) is 4.39 Å². The Labute approximate surface area is 161 Å². The SMILES string of the molecule is COc1cc2c(OCc3ccccc3)cc3[nH]c4ccccc4c3c2cc1F. The van der Waals surface area contributed by atoms with Gasteiger partial charge >= 0.3 is 0 Å². The van der Waals surface area contributed by atoms with E-state index in [9.17, 15) is 4.39 Å². The van der Waals surface area contributed by atoms with Crippen LogP contribution in [0.4, 0.5) is 4.39 Å². The summed E-state index contributed by atoms with van der Waals surface area (Å²) < 4.78 is 25.9. The molecule has 4 heteroatoms. The Bertz CT molecular complexity index is 1310. The van der Waals surface area contributed by atoms with Gasteiger partial charge in [0.15, 0.2) is 11.6 Å². The molecule has 0 aliphatic carbocycles. The van der Waals surface area contributed by atoms with E-state index in [1.807, 2.05) is 60.7 Å². The van der Waals surface area contributed by atoms with Gasteiger partial charge in [0.2, 0.25) is 0 Å². The number of hydrogen-bond donors (Lipinski definition) is 1. The summed E-state index contributed by atoms with van der Waals surface area (Å²) in [6, 6.07) is 23.2. The van der Waals surface area contributed by atoms with Crippen molar-refractivity contribution in [2.75, 3.05) is 7.11 Å². The van der Waals surface area contributed by atoms with Crippen LogP contribution in [0.25, 0.3) is 32.6 Å². The zero-order valence-corrected chi connectivity index (χ0v) is 15.3. The zero-order chi connectivity index (χ0) is 19.1. The zero-order valence-electron chi connectivity index (χ0n) is 15.3. The van der Waals surface area contributed by atoms with Crippen LogP contribution in [0.5, 0.6) is 11.5 Å². The molecule has 1 heterocycles. The standard InChI is InChI=1S/C24H18FNO2/c1-27-23-12-17-18(11-19(23)25)24-16-9-5-6-10-20(16)26-21(24)13-22(17)28-14-15-7-3-2-4-8-15/h2-13,26H,14H2,1H3. The third-order valence-corrected chi connectivity index (χ3v) is 5.07. The van der Waals surface area contributed by atoms with Gasteiger partial charge in [-0.2, -0.15) is 0 Å². The van der Waals surface area contributed by atoms with E-state index in [4.69, 9.17) is 9.47 Å². The molecule has 0 saturated heterocycles. The number of rotatable bonds is 4. The molecule has 0 unspecified atom stereocenters. The molecule has 28 heavy (non-hydrogen) atoms. The van der Waals surface area contributed by atoms with Crippen molar-refractivity contribution in [3.05, 3.63) is 84.2 Å². The van der Waals surface area contributed by atoms with Gasteiger partial charge in [0.1, 0.15) is 12.4 Å². The van der Waals surface area contributed by atoms with E-state index in [0.29, 0.717) is 12.4 Å². The van der Waals surface area contributed by atoms with Gasteiger partial charge < -0.3 is 14.5 Å². The Morgan fingerprint density at radius 3 is 2.39 bits per heavy atom. The lowest BCUT2D eigenvalue weighted by Gasteiger charge is -2.13. The van der Waals surface area contributed by atoms with Gasteiger partial charge in [-0.15, -0.1) is 0 Å². The van der Waals surface area contributed by atoms with Crippen LogP contribution in [-0.4, -0.2) is 12.1 Å². The van der Waals surface area contributed by atoms with Gasteiger partial charge in [-0.3, -0.25) is 0 Å². The summed E-state index contributed by atoms with van der Waals surface area (Å²) in [4.78, 5) is 3.42. The van der Waals surface area contributed by atoms with Crippen LogP contribution in [0.1, 0.15) is 5.56 Å². The highest BCUT2D eigenvalue weighted by atomic mass is 19.1. The van der Waals surface area contributed by atoms with E-state index < -0.39 is 0 Å². The number of fused-ring (bicyclic) bond motifs is 5. The smallest absolute Gasteiger partial charge is 0.165 e. The minimum atomic E-state index is -0.387. The molecule has 0 aliphatic heterocycles. The average Bonchev–Trinajstić information content (AvgIpc) is 3.10. The van der Waals surface area contributed by atoms with Gasteiger partial charge in [-0.1, -0.05) is 48.5 Å². The first-order chi connectivity index (χ1) is 13.7. The van der Waals surface area contributed by atoms with Crippen molar-refractivity contribution in [2.45, 2.75) is 6.61 Å². The number of aromatic amines is 1. The van der Waals surface area contributed by atoms with Crippen molar-refractivity contribution in [3.63, 3.8) is 0 Å². The Kier molecular flexibility index (Phi) is 3.90. The average molecular weight is 371 g/mol. The topological polar surface area (TPSA) is 34.2 Å². The van der Waals surface area contributed by atoms with Crippen molar-refractivity contribution >= 4 is 32.6 Å². The van der Waals surface area contributed by atoms with Crippen molar-refractivity contribution in [3.8, 4) is 11.5 Å². The Hall–Kier alpha value is -3.53. The normalized spacial score (nSPS) is 11.4. The molecule has 0 bridgehead atoms. The summed E-state index contributed by atoms with van der Waals surface area (Å²) in [5.74, 6) is 0.509. The molecular weight excluding hydrogens is 353 g/mol. The number of aromatic nitrogens is 1. The van der Waals surface area contributed by atoms with Gasteiger partial charge in [-0.05, 0) is 29.1 Å². The van der Waals surface area contributed by atoms with Crippen molar-refractivity contribution in [1.29, 1.82) is 0 Å². The maximum Gasteiger partial charge on any atom is 0.165 e. The van der Waals surface area contributed by atoms with Gasteiger partial charge in [0.05, 0.1) is 12.6 Å². The number of ether oxygens (including phenoxy) is 2. The van der Waals surface area contributed by atoms with Crippen molar-refractivity contribution in [2.24, 2.45) is 0 Å². The lowest BCUT2D eigenvalue weighted by Crippen LogP contribution is -1.97. The van der Waals surface area contributed by atoms with Crippen LogP contribution in [0, 0.1) is 5.82 Å². The van der Waals surface area contributed by atoms with E-state index in [1.54, 1.807) is 6.07 Å². The lowest BCUT2D eigenvalue weighted by atomic mass is 10.0. The third-order valence-electron chi connectivity index (χ3n) is 5.07. The van der Waals surface area contributed by atoms with E-state index in [0.717, 1.165) is 38.1 Å². The summed E-state index contributed by atoms with van der Waals surface area (Å²) in [7, 11) is 1.47. The minimum absolute atomic E-state index is 0.205. The molecule has 0 amide bonds. The second-order valence-electron chi connectivity index (χ2n) is 6.77. The number of H-pyrrole nitrogens is 1. The molecule has 0 saturated carbocycles. The molecule has 1 N–H and O–H groups in total. The molecule has 3 nitrogen and oxygen atoms in total. The van der Waals surface area contributed by atoms with Crippen molar-refractivity contribution in [1.82, 2.24) is 4.98 Å². The number of halogens is 1. The maximum atomic E-state index is 14.6. The number of benzene rings is 4. The summed E-state index contributed by atoms with van der Waals surface area (Å²) in [5.41, 5.74) is 3.00. The molecule has 0 radical (unpaired) electrons. The third kappa shape index (κ3) is 2.65. The number of methoxy groups -OCH3 is 1.